The van der Waals surface area contributed by atoms with Crippen LogP contribution in [0, 0.1) is 0 Å². The van der Waals surface area contributed by atoms with Crippen LogP contribution in [-0.2, 0) is 6.54 Å². The van der Waals surface area contributed by atoms with Crippen molar-refractivity contribution in [2.75, 3.05) is 30.5 Å². The average Bonchev–Trinajstić information content (AvgIpc) is 2.74. The standard InChI is InChI=1S/C11H21N3OS/c1-5-12-6-10-7-15-11(13-10)14(3)9(2)8-16-4/h7,9,12H,5-6,8H2,1-4H3. The highest BCUT2D eigenvalue weighted by molar-refractivity contribution is 7.98. The summed E-state index contributed by atoms with van der Waals surface area (Å²) >= 11 is 1.83. The molecule has 16 heavy (non-hydrogen) atoms. The van der Waals surface area contributed by atoms with Crippen molar-refractivity contribution >= 4 is 17.8 Å². The van der Waals surface area contributed by atoms with Crippen LogP contribution in [0.1, 0.15) is 19.5 Å². The SMILES string of the molecule is CCNCc1coc(N(C)C(C)CSC)n1. The third-order valence-electron chi connectivity index (χ3n) is 2.47. The normalized spacial score (nSPS) is 12.8. The number of nitrogens with zero attached hydrogens (tertiary/aromatic N) is 2. The first-order valence-corrected chi connectivity index (χ1v) is 6.95. The molecule has 0 saturated heterocycles. The van der Waals surface area contributed by atoms with Gasteiger partial charge >= 0.3 is 0 Å². The highest BCUT2D eigenvalue weighted by Crippen LogP contribution is 2.16. The summed E-state index contributed by atoms with van der Waals surface area (Å²) in [6.07, 6.45) is 3.83. The number of anilines is 1. The van der Waals surface area contributed by atoms with Crippen molar-refractivity contribution < 1.29 is 4.42 Å². The van der Waals surface area contributed by atoms with Crippen LogP contribution in [0.5, 0.6) is 0 Å². The number of aromatic nitrogens is 1. The van der Waals surface area contributed by atoms with E-state index in [4.69, 9.17) is 4.42 Å². The first-order chi connectivity index (χ1) is 7.69. The summed E-state index contributed by atoms with van der Waals surface area (Å²) in [6, 6.07) is 1.13. The van der Waals surface area contributed by atoms with Crippen LogP contribution >= 0.6 is 11.8 Å². The van der Waals surface area contributed by atoms with E-state index >= 15 is 0 Å². The summed E-state index contributed by atoms with van der Waals surface area (Å²) in [5.41, 5.74) is 0.958. The van der Waals surface area contributed by atoms with Crippen molar-refractivity contribution in [3.8, 4) is 0 Å². The summed E-state index contributed by atoms with van der Waals surface area (Å²) in [5.74, 6) is 1.07. The van der Waals surface area contributed by atoms with E-state index in [1.807, 2.05) is 18.8 Å². The minimum atomic E-state index is 0.431. The maximum absolute atomic E-state index is 5.46. The van der Waals surface area contributed by atoms with E-state index in [1.165, 1.54) is 0 Å². The van der Waals surface area contributed by atoms with Crippen LogP contribution in [0.2, 0.25) is 0 Å². The third kappa shape index (κ3) is 3.72. The molecule has 1 atom stereocenters. The van der Waals surface area contributed by atoms with E-state index in [2.05, 4.69) is 35.3 Å². The van der Waals surface area contributed by atoms with E-state index in [1.54, 1.807) is 6.26 Å². The molecule has 0 saturated carbocycles. The van der Waals surface area contributed by atoms with E-state index in [0.717, 1.165) is 24.5 Å². The Morgan fingerprint density at radius 3 is 3.00 bits per heavy atom. The summed E-state index contributed by atoms with van der Waals surface area (Å²) < 4.78 is 5.46. The molecule has 5 heteroatoms. The molecule has 0 bridgehead atoms. The Morgan fingerprint density at radius 2 is 2.38 bits per heavy atom. The Morgan fingerprint density at radius 1 is 1.62 bits per heavy atom. The van der Waals surface area contributed by atoms with Gasteiger partial charge in [0.15, 0.2) is 0 Å². The van der Waals surface area contributed by atoms with Gasteiger partial charge in [-0.25, -0.2) is 0 Å². The molecule has 0 fully saturated rings. The second kappa shape index (κ2) is 6.81. The molecule has 1 N–H and O–H groups in total. The van der Waals surface area contributed by atoms with Crippen molar-refractivity contribution in [3.05, 3.63) is 12.0 Å². The van der Waals surface area contributed by atoms with Gasteiger partial charge in [0.25, 0.3) is 6.01 Å². The van der Waals surface area contributed by atoms with Gasteiger partial charge in [0.2, 0.25) is 0 Å². The molecular weight excluding hydrogens is 222 g/mol. The highest BCUT2D eigenvalue weighted by atomic mass is 32.2. The molecular formula is C11H21N3OS. The fraction of sp³-hybridized carbons (Fsp3) is 0.727. The zero-order valence-corrected chi connectivity index (χ0v) is 11.3. The lowest BCUT2D eigenvalue weighted by molar-refractivity contribution is 0.530. The van der Waals surface area contributed by atoms with Gasteiger partial charge < -0.3 is 14.6 Å². The lowest BCUT2D eigenvalue weighted by Gasteiger charge is -2.21. The number of rotatable bonds is 7. The molecule has 1 heterocycles. The minimum Gasteiger partial charge on any atom is -0.432 e. The quantitative estimate of drug-likeness (QED) is 0.793. The predicted molar refractivity (Wildman–Crippen MR) is 70.1 cm³/mol. The summed E-state index contributed by atoms with van der Waals surface area (Å²) in [7, 11) is 2.02. The van der Waals surface area contributed by atoms with Crippen LogP contribution in [-0.4, -0.2) is 36.6 Å². The lowest BCUT2D eigenvalue weighted by atomic mass is 10.4. The Hall–Kier alpha value is -0.680. The molecule has 0 aromatic carbocycles. The molecule has 1 rings (SSSR count). The fourth-order valence-electron chi connectivity index (χ4n) is 1.33. The third-order valence-corrected chi connectivity index (χ3v) is 3.28. The molecule has 0 amide bonds. The number of thioether (sulfide) groups is 1. The van der Waals surface area contributed by atoms with E-state index in [9.17, 15) is 0 Å². The lowest BCUT2D eigenvalue weighted by Crippen LogP contribution is -2.31. The number of oxazole rings is 1. The van der Waals surface area contributed by atoms with Crippen molar-refractivity contribution in [1.82, 2.24) is 10.3 Å². The minimum absolute atomic E-state index is 0.431. The van der Waals surface area contributed by atoms with Gasteiger partial charge in [-0.15, -0.1) is 0 Å². The molecule has 0 aliphatic heterocycles. The van der Waals surface area contributed by atoms with Crippen LogP contribution in [0.25, 0.3) is 0 Å². The molecule has 1 aromatic rings. The largest absolute Gasteiger partial charge is 0.432 e. The van der Waals surface area contributed by atoms with Crippen molar-refractivity contribution in [1.29, 1.82) is 0 Å². The first kappa shape index (κ1) is 13.4. The molecule has 92 valence electrons. The van der Waals surface area contributed by atoms with Gasteiger partial charge in [0.05, 0.1) is 5.69 Å². The Bertz CT molecular complexity index is 303. The van der Waals surface area contributed by atoms with Gasteiger partial charge in [-0.3, -0.25) is 0 Å². The Balaban J connectivity index is 2.55. The van der Waals surface area contributed by atoms with Gasteiger partial charge in [-0.1, -0.05) is 6.92 Å². The highest BCUT2D eigenvalue weighted by Gasteiger charge is 2.14. The zero-order chi connectivity index (χ0) is 12.0. The molecule has 1 aromatic heterocycles. The maximum atomic E-state index is 5.46. The van der Waals surface area contributed by atoms with Crippen molar-refractivity contribution in [3.63, 3.8) is 0 Å². The van der Waals surface area contributed by atoms with Crippen molar-refractivity contribution in [2.45, 2.75) is 26.4 Å². The zero-order valence-electron chi connectivity index (χ0n) is 10.5. The molecule has 0 spiro atoms. The van der Waals surface area contributed by atoms with Crippen LogP contribution in [0.15, 0.2) is 10.7 Å². The number of hydrogen-bond donors (Lipinski definition) is 1. The van der Waals surface area contributed by atoms with E-state index in [-0.39, 0.29) is 0 Å². The average molecular weight is 243 g/mol. The molecule has 0 aliphatic rings. The van der Waals surface area contributed by atoms with Gasteiger partial charge in [-0.05, 0) is 19.7 Å². The van der Waals surface area contributed by atoms with E-state index < -0.39 is 0 Å². The van der Waals surface area contributed by atoms with Crippen LogP contribution in [0.4, 0.5) is 6.01 Å². The predicted octanol–water partition coefficient (Wildman–Crippen LogP) is 1.97. The molecule has 0 radical (unpaired) electrons. The first-order valence-electron chi connectivity index (χ1n) is 5.56. The van der Waals surface area contributed by atoms with Crippen molar-refractivity contribution in [2.24, 2.45) is 0 Å². The van der Waals surface area contributed by atoms with Gasteiger partial charge in [0, 0.05) is 25.4 Å². The summed E-state index contributed by atoms with van der Waals surface area (Å²) in [6.45, 7) is 5.96. The van der Waals surface area contributed by atoms with Gasteiger partial charge in [-0.2, -0.15) is 16.7 Å². The Kier molecular flexibility index (Phi) is 5.69. The molecule has 4 nitrogen and oxygen atoms in total. The van der Waals surface area contributed by atoms with E-state index in [0.29, 0.717) is 12.1 Å². The maximum Gasteiger partial charge on any atom is 0.297 e. The smallest absolute Gasteiger partial charge is 0.297 e. The monoisotopic (exact) mass is 243 g/mol. The summed E-state index contributed by atoms with van der Waals surface area (Å²) in [4.78, 5) is 6.51. The van der Waals surface area contributed by atoms with Gasteiger partial charge in [0.1, 0.15) is 6.26 Å². The topological polar surface area (TPSA) is 41.3 Å². The summed E-state index contributed by atoms with van der Waals surface area (Å²) in [5, 5.41) is 3.23. The second-order valence-corrected chi connectivity index (χ2v) is 4.73. The molecule has 0 aliphatic carbocycles. The Labute approximate surface area is 102 Å². The van der Waals surface area contributed by atoms with Crippen LogP contribution < -0.4 is 10.2 Å². The fourth-order valence-corrected chi connectivity index (χ4v) is 2.04. The number of nitrogens with one attached hydrogen (secondary N) is 1. The molecule has 1 unspecified atom stereocenters. The van der Waals surface area contributed by atoms with Crippen LogP contribution in [0.3, 0.4) is 0 Å². The second-order valence-electron chi connectivity index (χ2n) is 3.82. The number of hydrogen-bond acceptors (Lipinski definition) is 5.